The lowest BCUT2D eigenvalue weighted by Gasteiger charge is -2.19. The Morgan fingerprint density at radius 3 is 2.28 bits per heavy atom. The number of amides is 1. The van der Waals surface area contributed by atoms with Crippen LogP contribution in [0, 0.1) is 0 Å². The van der Waals surface area contributed by atoms with E-state index in [1.54, 1.807) is 35.0 Å². The predicted molar refractivity (Wildman–Crippen MR) is 109 cm³/mol. The highest BCUT2D eigenvalue weighted by atomic mass is 16.5. The van der Waals surface area contributed by atoms with Gasteiger partial charge in [0.2, 0.25) is 5.75 Å². The Bertz CT molecular complexity index is 944. The van der Waals surface area contributed by atoms with Gasteiger partial charge in [0.25, 0.3) is 5.91 Å². The van der Waals surface area contributed by atoms with E-state index in [1.165, 1.54) is 14.2 Å². The molecule has 1 amide bonds. The first-order valence-corrected chi connectivity index (χ1v) is 9.17. The van der Waals surface area contributed by atoms with Crippen LogP contribution in [0.5, 0.6) is 17.2 Å². The van der Waals surface area contributed by atoms with Gasteiger partial charge in [-0.25, -0.2) is 0 Å². The third-order valence-electron chi connectivity index (χ3n) is 4.46. The Balaban J connectivity index is 1.81. The molecule has 7 nitrogen and oxygen atoms in total. The summed E-state index contributed by atoms with van der Waals surface area (Å²) in [4.78, 5) is 14.6. The first-order chi connectivity index (χ1) is 14.0. The molecule has 152 valence electrons. The molecule has 0 saturated carbocycles. The van der Waals surface area contributed by atoms with Crippen molar-refractivity contribution in [2.75, 3.05) is 21.3 Å². The molecule has 0 atom stereocenters. The second kappa shape index (κ2) is 9.14. The molecule has 3 rings (SSSR count). The van der Waals surface area contributed by atoms with E-state index in [0.717, 1.165) is 11.1 Å². The van der Waals surface area contributed by atoms with E-state index >= 15 is 0 Å². The molecule has 7 heteroatoms. The maximum atomic E-state index is 12.9. The summed E-state index contributed by atoms with van der Waals surface area (Å²) in [7, 11) is 6.67. The van der Waals surface area contributed by atoms with Gasteiger partial charge in [0.15, 0.2) is 11.5 Å². The van der Waals surface area contributed by atoms with Crippen LogP contribution in [0.25, 0.3) is 0 Å². The molecular weight excluding hydrogens is 370 g/mol. The lowest BCUT2D eigenvalue weighted by atomic mass is 10.1. The van der Waals surface area contributed by atoms with E-state index in [-0.39, 0.29) is 5.91 Å². The summed E-state index contributed by atoms with van der Waals surface area (Å²) < 4.78 is 18.6. The zero-order valence-electron chi connectivity index (χ0n) is 17.1. The van der Waals surface area contributed by atoms with Crippen molar-refractivity contribution < 1.29 is 19.0 Å². The number of carbonyl (C=O) groups excluding carboxylic acids is 1. The summed E-state index contributed by atoms with van der Waals surface area (Å²) in [5.41, 5.74) is 2.43. The third kappa shape index (κ3) is 4.87. The van der Waals surface area contributed by atoms with Crippen molar-refractivity contribution in [1.82, 2.24) is 14.7 Å². The molecular formula is C22H25N3O4. The van der Waals surface area contributed by atoms with Crippen LogP contribution in [0.4, 0.5) is 0 Å². The Labute approximate surface area is 170 Å². The molecule has 0 spiro atoms. The van der Waals surface area contributed by atoms with Crippen molar-refractivity contribution in [1.29, 1.82) is 0 Å². The molecule has 0 aliphatic heterocycles. The van der Waals surface area contributed by atoms with E-state index < -0.39 is 0 Å². The Kier molecular flexibility index (Phi) is 6.39. The molecule has 0 fully saturated rings. The standard InChI is InChI=1S/C22H25N3O4/c1-24(13-17-12-23-25(2)14-17)22(26)18-10-19(27-3)21(20(11-18)28-4)29-15-16-8-6-5-7-9-16/h5-12,14H,13,15H2,1-4H3. The molecule has 0 bridgehead atoms. The summed E-state index contributed by atoms with van der Waals surface area (Å²) in [5, 5.41) is 4.14. The average Bonchev–Trinajstić information content (AvgIpc) is 3.16. The normalized spacial score (nSPS) is 10.5. The Hall–Kier alpha value is -3.48. The van der Waals surface area contributed by atoms with Gasteiger partial charge in [-0.2, -0.15) is 5.10 Å². The second-order valence-corrected chi connectivity index (χ2v) is 6.67. The summed E-state index contributed by atoms with van der Waals surface area (Å²) in [5.74, 6) is 1.20. The van der Waals surface area contributed by atoms with Crippen LogP contribution < -0.4 is 14.2 Å². The number of methoxy groups -OCH3 is 2. The van der Waals surface area contributed by atoms with Gasteiger partial charge < -0.3 is 19.1 Å². The van der Waals surface area contributed by atoms with Gasteiger partial charge in [-0.3, -0.25) is 9.48 Å². The quantitative estimate of drug-likeness (QED) is 0.586. The van der Waals surface area contributed by atoms with Gasteiger partial charge in [-0.15, -0.1) is 0 Å². The molecule has 0 radical (unpaired) electrons. The van der Waals surface area contributed by atoms with Crippen LogP contribution in [0.15, 0.2) is 54.9 Å². The van der Waals surface area contributed by atoms with Gasteiger partial charge in [0.05, 0.1) is 20.4 Å². The highest BCUT2D eigenvalue weighted by molar-refractivity contribution is 5.95. The number of rotatable bonds is 8. The van der Waals surface area contributed by atoms with Gasteiger partial charge in [-0.1, -0.05) is 30.3 Å². The average molecular weight is 395 g/mol. The van der Waals surface area contributed by atoms with Crippen molar-refractivity contribution in [2.45, 2.75) is 13.2 Å². The monoisotopic (exact) mass is 395 g/mol. The van der Waals surface area contributed by atoms with Gasteiger partial charge >= 0.3 is 0 Å². The summed E-state index contributed by atoms with van der Waals surface area (Å²) in [6.45, 7) is 0.811. The molecule has 1 aromatic heterocycles. The van der Waals surface area contributed by atoms with Crippen LogP contribution in [-0.2, 0) is 20.2 Å². The number of benzene rings is 2. The molecule has 0 saturated heterocycles. The van der Waals surface area contributed by atoms with E-state index in [1.807, 2.05) is 43.6 Å². The summed E-state index contributed by atoms with van der Waals surface area (Å²) in [6.07, 6.45) is 3.62. The second-order valence-electron chi connectivity index (χ2n) is 6.67. The maximum absolute atomic E-state index is 12.9. The minimum atomic E-state index is -0.153. The smallest absolute Gasteiger partial charge is 0.254 e. The lowest BCUT2D eigenvalue weighted by Crippen LogP contribution is -2.26. The number of hydrogen-bond acceptors (Lipinski definition) is 5. The minimum Gasteiger partial charge on any atom is -0.493 e. The maximum Gasteiger partial charge on any atom is 0.254 e. The van der Waals surface area contributed by atoms with E-state index in [4.69, 9.17) is 14.2 Å². The molecule has 0 aliphatic carbocycles. The highest BCUT2D eigenvalue weighted by Crippen LogP contribution is 2.39. The van der Waals surface area contributed by atoms with Crippen LogP contribution in [0.3, 0.4) is 0 Å². The Morgan fingerprint density at radius 2 is 1.72 bits per heavy atom. The molecule has 3 aromatic rings. The number of aryl methyl sites for hydroxylation is 1. The first kappa shape index (κ1) is 20.3. The van der Waals surface area contributed by atoms with E-state index in [2.05, 4.69) is 5.10 Å². The van der Waals surface area contributed by atoms with Gasteiger partial charge in [-0.05, 0) is 17.7 Å². The van der Waals surface area contributed by atoms with Crippen LogP contribution >= 0.6 is 0 Å². The van der Waals surface area contributed by atoms with Crippen molar-refractivity contribution in [3.8, 4) is 17.2 Å². The number of aromatic nitrogens is 2. The zero-order valence-corrected chi connectivity index (χ0v) is 17.1. The molecule has 2 aromatic carbocycles. The Morgan fingerprint density at radius 1 is 1.07 bits per heavy atom. The number of nitrogens with zero attached hydrogens (tertiary/aromatic N) is 3. The third-order valence-corrected chi connectivity index (χ3v) is 4.46. The largest absolute Gasteiger partial charge is 0.493 e. The number of carbonyl (C=O) groups is 1. The molecule has 0 N–H and O–H groups in total. The summed E-state index contributed by atoms with van der Waals surface area (Å²) in [6, 6.07) is 13.2. The summed E-state index contributed by atoms with van der Waals surface area (Å²) >= 11 is 0. The van der Waals surface area contributed by atoms with Gasteiger partial charge in [0, 0.05) is 38.0 Å². The fraction of sp³-hybridized carbons (Fsp3) is 0.273. The lowest BCUT2D eigenvalue weighted by molar-refractivity contribution is 0.0784. The number of ether oxygens (including phenoxy) is 3. The predicted octanol–water partition coefficient (Wildman–Crippen LogP) is 3.29. The molecule has 29 heavy (non-hydrogen) atoms. The van der Waals surface area contributed by atoms with Crippen molar-refractivity contribution in [3.63, 3.8) is 0 Å². The molecule has 0 aliphatic rings. The minimum absolute atomic E-state index is 0.153. The van der Waals surface area contributed by atoms with E-state index in [0.29, 0.717) is 36.0 Å². The number of hydrogen-bond donors (Lipinski definition) is 0. The van der Waals surface area contributed by atoms with Gasteiger partial charge in [0.1, 0.15) is 6.61 Å². The topological polar surface area (TPSA) is 65.8 Å². The molecule has 1 heterocycles. The van der Waals surface area contributed by atoms with E-state index in [9.17, 15) is 4.79 Å². The van der Waals surface area contributed by atoms with Crippen LogP contribution in [0.1, 0.15) is 21.5 Å². The van der Waals surface area contributed by atoms with Crippen LogP contribution in [0.2, 0.25) is 0 Å². The van der Waals surface area contributed by atoms with Crippen molar-refractivity contribution >= 4 is 5.91 Å². The SMILES string of the molecule is COc1cc(C(=O)N(C)Cc2cnn(C)c2)cc(OC)c1OCc1ccccc1. The fourth-order valence-electron chi connectivity index (χ4n) is 2.99. The van der Waals surface area contributed by atoms with Crippen LogP contribution in [-0.4, -0.2) is 41.9 Å². The highest BCUT2D eigenvalue weighted by Gasteiger charge is 2.20. The molecule has 0 unspecified atom stereocenters. The van der Waals surface area contributed by atoms with Crippen molar-refractivity contribution in [3.05, 3.63) is 71.5 Å². The fourth-order valence-corrected chi connectivity index (χ4v) is 2.99. The van der Waals surface area contributed by atoms with Crippen molar-refractivity contribution in [2.24, 2.45) is 7.05 Å². The zero-order chi connectivity index (χ0) is 20.8. The first-order valence-electron chi connectivity index (χ1n) is 9.17.